The van der Waals surface area contributed by atoms with Crippen LogP contribution >= 0.6 is 0 Å². The molecule has 2 rings (SSSR count). The maximum atomic E-state index is 13.4. The Morgan fingerprint density at radius 2 is 1.71 bits per heavy atom. The molecular formula is C27H39NO3. The maximum Gasteiger partial charge on any atom is 0.226 e. The van der Waals surface area contributed by atoms with Crippen LogP contribution in [0.5, 0.6) is 11.5 Å². The number of unbranched alkanes of at least 4 members (excludes halogenated alkanes) is 1. The van der Waals surface area contributed by atoms with Crippen LogP contribution in [0.4, 0.5) is 0 Å². The van der Waals surface area contributed by atoms with E-state index in [0.29, 0.717) is 24.7 Å². The van der Waals surface area contributed by atoms with E-state index in [1.807, 2.05) is 53.4 Å². The molecule has 31 heavy (non-hydrogen) atoms. The lowest BCUT2D eigenvalue weighted by molar-refractivity contribution is -0.138. The quantitative estimate of drug-likeness (QED) is 0.362. The average molecular weight is 426 g/mol. The molecule has 0 fully saturated rings. The Hall–Kier alpha value is -2.49. The fraction of sp³-hybridized carbons (Fsp3) is 0.519. The number of ether oxygens (including phenoxy) is 2. The first kappa shape index (κ1) is 24.8. The van der Waals surface area contributed by atoms with E-state index in [2.05, 4.69) is 27.7 Å². The number of hydrogen-bond donors (Lipinski definition) is 0. The maximum absolute atomic E-state index is 13.4. The molecule has 0 bridgehead atoms. The summed E-state index contributed by atoms with van der Waals surface area (Å²) in [6, 6.07) is 16.3. The zero-order valence-electron chi connectivity index (χ0n) is 19.9. The van der Waals surface area contributed by atoms with E-state index in [-0.39, 0.29) is 17.9 Å². The van der Waals surface area contributed by atoms with Crippen LogP contribution < -0.4 is 9.47 Å². The molecule has 2 unspecified atom stereocenters. The Kier molecular flexibility index (Phi) is 10.4. The third-order valence-corrected chi connectivity index (χ3v) is 5.97. The minimum Gasteiger partial charge on any atom is -0.493 e. The number of carbonyl (C=O) groups excluding carboxylic acids is 1. The van der Waals surface area contributed by atoms with Gasteiger partial charge in [0.05, 0.1) is 7.11 Å². The number of nitrogens with zero attached hydrogens (tertiary/aromatic N) is 1. The van der Waals surface area contributed by atoms with Gasteiger partial charge < -0.3 is 14.4 Å². The van der Waals surface area contributed by atoms with Gasteiger partial charge in [-0.2, -0.15) is 0 Å². The van der Waals surface area contributed by atoms with E-state index >= 15 is 0 Å². The number of benzene rings is 2. The molecule has 2 aromatic carbocycles. The normalized spacial score (nSPS) is 12.8. The number of rotatable bonds is 13. The van der Waals surface area contributed by atoms with Crippen molar-refractivity contribution in [3.05, 3.63) is 59.7 Å². The van der Waals surface area contributed by atoms with Crippen LogP contribution in [0.1, 0.15) is 70.9 Å². The van der Waals surface area contributed by atoms with Gasteiger partial charge in [-0.25, -0.2) is 0 Å². The van der Waals surface area contributed by atoms with Crippen LogP contribution in [0.3, 0.4) is 0 Å². The largest absolute Gasteiger partial charge is 0.493 e. The lowest BCUT2D eigenvalue weighted by atomic mass is 9.96. The Bertz CT molecular complexity index is 790. The van der Waals surface area contributed by atoms with Crippen molar-refractivity contribution in [2.75, 3.05) is 7.11 Å². The molecule has 0 radical (unpaired) electrons. The predicted molar refractivity (Wildman–Crippen MR) is 127 cm³/mol. The summed E-state index contributed by atoms with van der Waals surface area (Å²) in [5.74, 6) is 1.78. The van der Waals surface area contributed by atoms with Crippen molar-refractivity contribution in [1.29, 1.82) is 0 Å². The standard InChI is InChI=1S/C27H39NO3/c1-6-9-15-24(8-3)27(29)28(21(4)7-2)19-23-16-17-25(30-5)26(18-23)31-20-22-13-11-10-12-14-22/h10-14,16-18,21,24H,6-9,15,19-20H2,1-5H3. The molecule has 4 heteroatoms. The second-order valence-corrected chi connectivity index (χ2v) is 8.23. The summed E-state index contributed by atoms with van der Waals surface area (Å²) in [5, 5.41) is 0. The molecule has 0 aliphatic carbocycles. The van der Waals surface area contributed by atoms with E-state index in [0.717, 1.165) is 43.2 Å². The molecule has 2 aromatic rings. The lowest BCUT2D eigenvalue weighted by Crippen LogP contribution is -2.41. The van der Waals surface area contributed by atoms with Gasteiger partial charge >= 0.3 is 0 Å². The highest BCUT2D eigenvalue weighted by Gasteiger charge is 2.26. The van der Waals surface area contributed by atoms with Gasteiger partial charge in [0, 0.05) is 18.5 Å². The topological polar surface area (TPSA) is 38.8 Å². The number of amides is 1. The second kappa shape index (κ2) is 13.0. The first-order chi connectivity index (χ1) is 15.0. The fourth-order valence-corrected chi connectivity index (χ4v) is 3.72. The van der Waals surface area contributed by atoms with Gasteiger partial charge in [0.1, 0.15) is 6.61 Å². The highest BCUT2D eigenvalue weighted by molar-refractivity contribution is 5.79. The van der Waals surface area contributed by atoms with Crippen molar-refractivity contribution in [2.24, 2.45) is 5.92 Å². The van der Waals surface area contributed by atoms with Crippen molar-refractivity contribution in [3.8, 4) is 11.5 Å². The molecule has 0 saturated heterocycles. The summed E-state index contributed by atoms with van der Waals surface area (Å²) in [6.45, 7) is 9.64. The molecule has 2 atom stereocenters. The Morgan fingerprint density at radius 1 is 0.968 bits per heavy atom. The van der Waals surface area contributed by atoms with Crippen molar-refractivity contribution in [2.45, 2.75) is 79.0 Å². The fourth-order valence-electron chi connectivity index (χ4n) is 3.72. The smallest absolute Gasteiger partial charge is 0.226 e. The van der Waals surface area contributed by atoms with Gasteiger partial charge in [-0.3, -0.25) is 4.79 Å². The molecule has 0 spiro atoms. The summed E-state index contributed by atoms with van der Waals surface area (Å²) < 4.78 is 11.6. The van der Waals surface area contributed by atoms with Gasteiger partial charge in [-0.05, 0) is 49.4 Å². The number of hydrogen-bond acceptors (Lipinski definition) is 3. The van der Waals surface area contributed by atoms with Crippen LogP contribution in [0, 0.1) is 5.92 Å². The van der Waals surface area contributed by atoms with Gasteiger partial charge in [0.2, 0.25) is 5.91 Å². The lowest BCUT2D eigenvalue weighted by Gasteiger charge is -2.32. The van der Waals surface area contributed by atoms with Gasteiger partial charge in [0.15, 0.2) is 11.5 Å². The third-order valence-electron chi connectivity index (χ3n) is 5.97. The molecule has 0 N–H and O–H groups in total. The molecule has 170 valence electrons. The molecule has 0 heterocycles. The van der Waals surface area contributed by atoms with Crippen LogP contribution in [-0.4, -0.2) is 24.0 Å². The van der Waals surface area contributed by atoms with Crippen LogP contribution in [-0.2, 0) is 17.9 Å². The zero-order chi connectivity index (χ0) is 22.6. The SMILES string of the molecule is CCCCC(CC)C(=O)N(Cc1ccc(OC)c(OCc2ccccc2)c1)C(C)CC. The Labute approximate surface area is 188 Å². The van der Waals surface area contributed by atoms with Crippen LogP contribution in [0.25, 0.3) is 0 Å². The molecule has 0 saturated carbocycles. The summed E-state index contributed by atoms with van der Waals surface area (Å²) in [5.41, 5.74) is 2.16. The molecular weight excluding hydrogens is 386 g/mol. The molecule has 4 nitrogen and oxygen atoms in total. The van der Waals surface area contributed by atoms with E-state index in [9.17, 15) is 4.79 Å². The first-order valence-corrected chi connectivity index (χ1v) is 11.7. The summed E-state index contributed by atoms with van der Waals surface area (Å²) in [6.07, 6.45) is 5.00. The van der Waals surface area contributed by atoms with E-state index in [4.69, 9.17) is 9.47 Å². The molecule has 1 amide bonds. The predicted octanol–water partition coefficient (Wildman–Crippen LogP) is 6.62. The van der Waals surface area contributed by atoms with Gasteiger partial charge in [0.25, 0.3) is 0 Å². The summed E-state index contributed by atoms with van der Waals surface area (Å²) in [7, 11) is 1.65. The second-order valence-electron chi connectivity index (χ2n) is 8.23. The van der Waals surface area contributed by atoms with Gasteiger partial charge in [-0.1, -0.05) is 70.0 Å². The average Bonchev–Trinajstić information content (AvgIpc) is 2.81. The first-order valence-electron chi connectivity index (χ1n) is 11.7. The molecule has 0 aliphatic rings. The molecule has 0 aromatic heterocycles. The highest BCUT2D eigenvalue weighted by atomic mass is 16.5. The van der Waals surface area contributed by atoms with Crippen molar-refractivity contribution in [3.63, 3.8) is 0 Å². The number of methoxy groups -OCH3 is 1. The van der Waals surface area contributed by atoms with E-state index in [1.54, 1.807) is 7.11 Å². The van der Waals surface area contributed by atoms with Crippen LogP contribution in [0.15, 0.2) is 48.5 Å². The van der Waals surface area contributed by atoms with Crippen molar-refractivity contribution < 1.29 is 14.3 Å². The summed E-state index contributed by atoms with van der Waals surface area (Å²) in [4.78, 5) is 15.4. The van der Waals surface area contributed by atoms with Gasteiger partial charge in [-0.15, -0.1) is 0 Å². The third kappa shape index (κ3) is 7.30. The van der Waals surface area contributed by atoms with E-state index < -0.39 is 0 Å². The van der Waals surface area contributed by atoms with Crippen molar-refractivity contribution >= 4 is 5.91 Å². The Morgan fingerprint density at radius 3 is 2.32 bits per heavy atom. The number of carbonyl (C=O) groups is 1. The Balaban J connectivity index is 2.20. The minimum atomic E-state index is 0.0981. The van der Waals surface area contributed by atoms with Crippen molar-refractivity contribution in [1.82, 2.24) is 4.90 Å². The van der Waals surface area contributed by atoms with E-state index in [1.165, 1.54) is 0 Å². The van der Waals surface area contributed by atoms with Crippen LogP contribution in [0.2, 0.25) is 0 Å². The summed E-state index contributed by atoms with van der Waals surface area (Å²) >= 11 is 0. The highest BCUT2D eigenvalue weighted by Crippen LogP contribution is 2.30. The molecule has 0 aliphatic heterocycles. The monoisotopic (exact) mass is 425 g/mol. The zero-order valence-corrected chi connectivity index (χ0v) is 19.9. The minimum absolute atomic E-state index is 0.0981.